The third kappa shape index (κ3) is 3.57. The first kappa shape index (κ1) is 15.9. The SMILES string of the molecule is CCc1cc(C2CN(C(=O)OC(C)(C)C)C2)n(C(C)C)n1. The van der Waals surface area contributed by atoms with E-state index in [2.05, 4.69) is 36.6 Å². The first-order valence-corrected chi connectivity index (χ1v) is 7.77. The van der Waals surface area contributed by atoms with Crippen molar-refractivity contribution in [3.05, 3.63) is 17.5 Å². The molecule has 1 fully saturated rings. The fraction of sp³-hybridized carbons (Fsp3) is 0.750. The van der Waals surface area contributed by atoms with Gasteiger partial charge in [-0.1, -0.05) is 6.92 Å². The zero-order valence-electron chi connectivity index (χ0n) is 14.0. The molecule has 0 aromatic carbocycles. The van der Waals surface area contributed by atoms with E-state index in [0.717, 1.165) is 25.2 Å². The number of carbonyl (C=O) groups excluding carboxylic acids is 1. The van der Waals surface area contributed by atoms with Crippen molar-refractivity contribution in [2.75, 3.05) is 13.1 Å². The molecule has 2 rings (SSSR count). The average molecular weight is 293 g/mol. The van der Waals surface area contributed by atoms with Gasteiger partial charge < -0.3 is 9.64 Å². The molecule has 0 radical (unpaired) electrons. The predicted octanol–water partition coefficient (Wildman–Crippen LogP) is 3.36. The Balaban J connectivity index is 2.01. The second-order valence-electron chi connectivity index (χ2n) is 7.03. The number of aryl methyl sites for hydroxylation is 1. The van der Waals surface area contributed by atoms with Gasteiger partial charge in [0.2, 0.25) is 0 Å². The van der Waals surface area contributed by atoms with Crippen molar-refractivity contribution in [2.24, 2.45) is 0 Å². The van der Waals surface area contributed by atoms with Crippen LogP contribution in [-0.4, -0.2) is 39.5 Å². The molecule has 118 valence electrons. The lowest BCUT2D eigenvalue weighted by Crippen LogP contribution is -2.50. The normalized spacial score (nSPS) is 16.2. The minimum atomic E-state index is -0.433. The third-order valence-corrected chi connectivity index (χ3v) is 3.62. The zero-order valence-corrected chi connectivity index (χ0v) is 14.0. The van der Waals surface area contributed by atoms with E-state index in [9.17, 15) is 4.79 Å². The van der Waals surface area contributed by atoms with Crippen LogP contribution in [0.4, 0.5) is 4.79 Å². The van der Waals surface area contributed by atoms with E-state index in [1.807, 2.05) is 20.8 Å². The number of ether oxygens (including phenoxy) is 1. The monoisotopic (exact) mass is 293 g/mol. The maximum absolute atomic E-state index is 12.0. The van der Waals surface area contributed by atoms with Crippen LogP contribution in [-0.2, 0) is 11.2 Å². The van der Waals surface area contributed by atoms with Gasteiger partial charge in [-0.15, -0.1) is 0 Å². The van der Waals surface area contributed by atoms with Gasteiger partial charge in [0.15, 0.2) is 0 Å². The number of carbonyl (C=O) groups is 1. The van der Waals surface area contributed by atoms with Crippen LogP contribution >= 0.6 is 0 Å². The van der Waals surface area contributed by atoms with Crippen LogP contribution in [0.2, 0.25) is 0 Å². The number of rotatable bonds is 3. The number of likely N-dealkylation sites (tertiary alicyclic amines) is 1. The lowest BCUT2D eigenvalue weighted by Gasteiger charge is -2.40. The summed E-state index contributed by atoms with van der Waals surface area (Å²) in [7, 11) is 0. The van der Waals surface area contributed by atoms with Crippen LogP contribution in [0.5, 0.6) is 0 Å². The Labute approximate surface area is 127 Å². The summed E-state index contributed by atoms with van der Waals surface area (Å²) < 4.78 is 7.49. The predicted molar refractivity (Wildman–Crippen MR) is 82.5 cm³/mol. The van der Waals surface area contributed by atoms with Crippen LogP contribution in [0.3, 0.4) is 0 Å². The number of hydrogen-bond donors (Lipinski definition) is 0. The van der Waals surface area contributed by atoms with Crippen molar-refractivity contribution < 1.29 is 9.53 Å². The van der Waals surface area contributed by atoms with Crippen molar-refractivity contribution in [1.82, 2.24) is 14.7 Å². The summed E-state index contributed by atoms with van der Waals surface area (Å²) in [6.45, 7) is 13.5. The Morgan fingerprint density at radius 2 is 2.05 bits per heavy atom. The topological polar surface area (TPSA) is 47.4 Å². The van der Waals surface area contributed by atoms with Crippen molar-refractivity contribution in [3.8, 4) is 0 Å². The molecule has 1 amide bonds. The number of amides is 1. The quantitative estimate of drug-likeness (QED) is 0.858. The van der Waals surface area contributed by atoms with Crippen molar-refractivity contribution >= 4 is 6.09 Å². The third-order valence-electron chi connectivity index (χ3n) is 3.62. The molecule has 0 bridgehead atoms. The molecule has 21 heavy (non-hydrogen) atoms. The molecule has 0 saturated carbocycles. The van der Waals surface area contributed by atoms with Crippen LogP contribution in [0.1, 0.15) is 64.9 Å². The lowest BCUT2D eigenvalue weighted by molar-refractivity contribution is 0.00743. The molecule has 1 aromatic rings. The van der Waals surface area contributed by atoms with Gasteiger partial charge in [0.1, 0.15) is 5.60 Å². The number of nitrogens with zero attached hydrogens (tertiary/aromatic N) is 3. The van der Waals surface area contributed by atoms with E-state index < -0.39 is 5.60 Å². The van der Waals surface area contributed by atoms with Gasteiger partial charge in [-0.2, -0.15) is 5.10 Å². The molecule has 1 aliphatic rings. The molecular weight excluding hydrogens is 266 g/mol. The molecule has 5 nitrogen and oxygen atoms in total. The first-order chi connectivity index (χ1) is 9.71. The fourth-order valence-electron chi connectivity index (χ4n) is 2.49. The molecule has 1 aliphatic heterocycles. The van der Waals surface area contributed by atoms with Crippen molar-refractivity contribution in [2.45, 2.75) is 65.5 Å². The van der Waals surface area contributed by atoms with Crippen LogP contribution in [0, 0.1) is 0 Å². The Kier molecular flexibility index (Phi) is 4.30. The van der Waals surface area contributed by atoms with E-state index >= 15 is 0 Å². The van der Waals surface area contributed by atoms with Crippen LogP contribution in [0.15, 0.2) is 6.07 Å². The summed E-state index contributed by atoms with van der Waals surface area (Å²) in [5.41, 5.74) is 1.92. The maximum atomic E-state index is 12.0. The standard InChI is InChI=1S/C16H27N3O2/c1-7-13-8-14(19(17-13)11(2)3)12-9-18(10-12)15(20)21-16(4,5)6/h8,11-12H,7,9-10H2,1-6H3. The summed E-state index contributed by atoms with van der Waals surface area (Å²) in [4.78, 5) is 13.7. The molecule has 0 spiro atoms. The Morgan fingerprint density at radius 1 is 1.43 bits per heavy atom. The fourth-order valence-corrected chi connectivity index (χ4v) is 2.49. The van der Waals surface area contributed by atoms with Gasteiger partial charge in [0, 0.05) is 30.7 Å². The number of hydrogen-bond acceptors (Lipinski definition) is 3. The van der Waals surface area contributed by atoms with Crippen molar-refractivity contribution in [3.63, 3.8) is 0 Å². The van der Waals surface area contributed by atoms with Gasteiger partial charge >= 0.3 is 6.09 Å². The summed E-state index contributed by atoms with van der Waals surface area (Å²) in [6, 6.07) is 2.52. The molecule has 2 heterocycles. The second kappa shape index (κ2) is 5.70. The summed E-state index contributed by atoms with van der Waals surface area (Å²) in [5, 5.41) is 4.64. The van der Waals surface area contributed by atoms with Crippen LogP contribution in [0.25, 0.3) is 0 Å². The Hall–Kier alpha value is -1.52. The molecule has 5 heteroatoms. The van der Waals surface area contributed by atoms with Crippen molar-refractivity contribution in [1.29, 1.82) is 0 Å². The molecular formula is C16H27N3O2. The average Bonchev–Trinajstić information content (AvgIpc) is 2.68. The van der Waals surface area contributed by atoms with Gasteiger partial charge in [0.05, 0.1) is 5.69 Å². The van der Waals surface area contributed by atoms with Gasteiger partial charge in [-0.3, -0.25) is 4.68 Å². The van der Waals surface area contributed by atoms with E-state index in [0.29, 0.717) is 12.0 Å². The highest BCUT2D eigenvalue weighted by molar-refractivity contribution is 5.69. The zero-order chi connectivity index (χ0) is 15.8. The smallest absolute Gasteiger partial charge is 0.410 e. The van der Waals surface area contributed by atoms with E-state index in [1.165, 1.54) is 5.69 Å². The lowest BCUT2D eigenvalue weighted by atomic mass is 9.96. The highest BCUT2D eigenvalue weighted by Crippen LogP contribution is 2.30. The van der Waals surface area contributed by atoms with Gasteiger partial charge in [-0.05, 0) is 47.1 Å². The summed E-state index contributed by atoms with van der Waals surface area (Å²) >= 11 is 0. The van der Waals surface area contributed by atoms with E-state index in [-0.39, 0.29) is 6.09 Å². The Bertz CT molecular complexity index is 508. The largest absolute Gasteiger partial charge is 0.444 e. The molecule has 0 aliphatic carbocycles. The number of aromatic nitrogens is 2. The minimum Gasteiger partial charge on any atom is -0.444 e. The second-order valence-corrected chi connectivity index (χ2v) is 7.03. The molecule has 0 unspecified atom stereocenters. The van der Waals surface area contributed by atoms with E-state index in [1.54, 1.807) is 4.90 Å². The summed E-state index contributed by atoms with van der Waals surface area (Å²) in [6.07, 6.45) is 0.722. The van der Waals surface area contributed by atoms with Gasteiger partial charge in [0.25, 0.3) is 0 Å². The maximum Gasteiger partial charge on any atom is 0.410 e. The van der Waals surface area contributed by atoms with Gasteiger partial charge in [-0.25, -0.2) is 4.79 Å². The molecule has 0 atom stereocenters. The highest BCUT2D eigenvalue weighted by Gasteiger charge is 2.36. The van der Waals surface area contributed by atoms with Crippen LogP contribution < -0.4 is 0 Å². The molecule has 1 aromatic heterocycles. The molecule has 1 saturated heterocycles. The minimum absolute atomic E-state index is 0.218. The molecule has 0 N–H and O–H groups in total. The Morgan fingerprint density at radius 3 is 2.52 bits per heavy atom. The summed E-state index contributed by atoms with van der Waals surface area (Å²) in [5.74, 6) is 0.368. The first-order valence-electron chi connectivity index (χ1n) is 7.77. The van der Waals surface area contributed by atoms with E-state index in [4.69, 9.17) is 4.74 Å². The highest BCUT2D eigenvalue weighted by atomic mass is 16.6.